The SMILES string of the molecule is C=C.C=C.FC(F)=C(F)F.[Pt+2]. The van der Waals surface area contributed by atoms with Crippen LogP contribution in [0.1, 0.15) is 0 Å². The fourth-order valence-electron chi connectivity index (χ4n) is 0. The van der Waals surface area contributed by atoms with E-state index in [9.17, 15) is 17.6 Å². The van der Waals surface area contributed by atoms with Crippen LogP contribution < -0.4 is 0 Å². The van der Waals surface area contributed by atoms with Crippen molar-refractivity contribution in [3.05, 3.63) is 38.5 Å². The first-order chi connectivity index (χ1) is 4.64. The van der Waals surface area contributed by atoms with Gasteiger partial charge in [0.25, 0.3) is 0 Å². The maximum atomic E-state index is 10.3. The monoisotopic (exact) mass is 351 g/mol. The molecule has 0 amide bonds. The molecule has 11 heavy (non-hydrogen) atoms. The fraction of sp³-hybridized carbons (Fsp3) is 0. The Hall–Kier alpha value is -0.372. The predicted octanol–water partition coefficient (Wildman–Crippen LogP) is 3.59. The maximum absolute atomic E-state index is 10.3. The fourth-order valence-corrected chi connectivity index (χ4v) is 0. The van der Waals surface area contributed by atoms with Crippen LogP contribution in [0, 0.1) is 0 Å². The van der Waals surface area contributed by atoms with Crippen LogP contribution in [0.3, 0.4) is 0 Å². The van der Waals surface area contributed by atoms with Gasteiger partial charge in [-0.1, -0.05) is 0 Å². The Morgan fingerprint density at radius 3 is 0.727 bits per heavy atom. The molecule has 5 heteroatoms. The van der Waals surface area contributed by atoms with E-state index in [0.717, 1.165) is 0 Å². The molecule has 0 N–H and O–H groups in total. The van der Waals surface area contributed by atoms with Crippen molar-refractivity contribution in [2.75, 3.05) is 0 Å². The summed E-state index contributed by atoms with van der Waals surface area (Å²) in [4.78, 5) is 0. The second-order valence-corrected chi connectivity index (χ2v) is 0.521. The molecule has 0 aliphatic heterocycles. The molecule has 0 saturated heterocycles. The van der Waals surface area contributed by atoms with Crippen molar-refractivity contribution in [3.8, 4) is 0 Å². The Bertz CT molecular complexity index is 82.8. The average Bonchev–Trinajstić information content (AvgIpc) is 1.96. The Balaban J connectivity index is -0.0000000428. The van der Waals surface area contributed by atoms with E-state index in [4.69, 9.17) is 0 Å². The molecule has 0 nitrogen and oxygen atoms in total. The molecule has 0 aliphatic carbocycles. The van der Waals surface area contributed by atoms with Crippen molar-refractivity contribution in [1.29, 1.82) is 0 Å². The van der Waals surface area contributed by atoms with Gasteiger partial charge in [-0.25, -0.2) is 0 Å². The van der Waals surface area contributed by atoms with E-state index in [-0.39, 0.29) is 21.1 Å². The first kappa shape index (κ1) is 22.4. The third-order valence-electron chi connectivity index (χ3n) is 0.143. The minimum atomic E-state index is -2.91. The van der Waals surface area contributed by atoms with E-state index >= 15 is 0 Å². The zero-order chi connectivity index (χ0) is 9.15. The summed E-state index contributed by atoms with van der Waals surface area (Å²) in [6.07, 6.45) is -5.81. The molecule has 0 fully saturated rings. The average molecular weight is 351 g/mol. The van der Waals surface area contributed by atoms with Crippen molar-refractivity contribution in [3.63, 3.8) is 0 Å². The second kappa shape index (κ2) is 22.6. The first-order valence-corrected chi connectivity index (χ1v) is 2.01. The van der Waals surface area contributed by atoms with E-state index in [2.05, 4.69) is 26.3 Å². The summed E-state index contributed by atoms with van der Waals surface area (Å²) in [5.74, 6) is 0. The summed E-state index contributed by atoms with van der Waals surface area (Å²) < 4.78 is 41.1. The van der Waals surface area contributed by atoms with Crippen LogP contribution in [0.2, 0.25) is 0 Å². The minimum absolute atomic E-state index is 0. The number of halogens is 4. The quantitative estimate of drug-likeness (QED) is 0.462. The third-order valence-corrected chi connectivity index (χ3v) is 0.143. The molecular weight excluding hydrogens is 343 g/mol. The van der Waals surface area contributed by atoms with E-state index in [1.165, 1.54) is 0 Å². The number of hydrogen-bond acceptors (Lipinski definition) is 0. The van der Waals surface area contributed by atoms with Crippen LogP contribution in [0.15, 0.2) is 38.5 Å². The summed E-state index contributed by atoms with van der Waals surface area (Å²) in [7, 11) is 0. The smallest absolute Gasteiger partial charge is 0.167 e. The molecule has 0 aliphatic rings. The molecule has 0 atom stereocenters. The van der Waals surface area contributed by atoms with Gasteiger partial charge in [-0.05, 0) is 0 Å². The predicted molar refractivity (Wildman–Crippen MR) is 34.0 cm³/mol. The van der Waals surface area contributed by atoms with Gasteiger partial charge in [0.1, 0.15) is 0 Å². The van der Waals surface area contributed by atoms with Crippen LogP contribution in [0.25, 0.3) is 0 Å². The van der Waals surface area contributed by atoms with Gasteiger partial charge in [0, 0.05) is 0 Å². The molecule has 0 aromatic rings. The zero-order valence-electron chi connectivity index (χ0n) is 5.66. The summed E-state index contributed by atoms with van der Waals surface area (Å²) >= 11 is 0. The maximum Gasteiger partial charge on any atom is 2.00 e. The van der Waals surface area contributed by atoms with Crippen molar-refractivity contribution in [2.45, 2.75) is 0 Å². The summed E-state index contributed by atoms with van der Waals surface area (Å²) in [5.41, 5.74) is 0. The third kappa shape index (κ3) is 42.6. The summed E-state index contributed by atoms with van der Waals surface area (Å²) in [6.45, 7) is 12.0. The summed E-state index contributed by atoms with van der Waals surface area (Å²) in [5, 5.41) is 0. The topological polar surface area (TPSA) is 0 Å². The van der Waals surface area contributed by atoms with E-state index in [1.807, 2.05) is 0 Å². The van der Waals surface area contributed by atoms with Crippen molar-refractivity contribution in [1.82, 2.24) is 0 Å². The Morgan fingerprint density at radius 1 is 0.636 bits per heavy atom. The van der Waals surface area contributed by atoms with Gasteiger partial charge in [-0.2, -0.15) is 17.6 Å². The molecule has 0 unspecified atom stereocenters. The Kier molecular flexibility index (Phi) is 46.1. The van der Waals surface area contributed by atoms with Crippen molar-refractivity contribution >= 4 is 0 Å². The van der Waals surface area contributed by atoms with Crippen LogP contribution >= 0.6 is 0 Å². The van der Waals surface area contributed by atoms with Gasteiger partial charge in [0.05, 0.1) is 0 Å². The standard InChI is InChI=1S/C2F4.2C2H4.Pt/c3-1(4)2(5)6;2*1-2;/h;2*1-2H2;/q;;;+2. The molecule has 0 radical (unpaired) electrons. The molecule has 0 heterocycles. The van der Waals surface area contributed by atoms with Crippen LogP contribution in [0.5, 0.6) is 0 Å². The molecule has 0 rings (SSSR count). The van der Waals surface area contributed by atoms with E-state index < -0.39 is 12.2 Å². The normalized spacial score (nSPS) is 5.09. The molecule has 0 saturated carbocycles. The minimum Gasteiger partial charge on any atom is -0.167 e. The van der Waals surface area contributed by atoms with Crippen molar-refractivity contribution < 1.29 is 38.6 Å². The number of hydrogen-bond donors (Lipinski definition) is 0. The molecule has 0 aromatic heterocycles. The first-order valence-electron chi connectivity index (χ1n) is 2.01. The Morgan fingerprint density at radius 2 is 0.727 bits per heavy atom. The molecular formula is C6H8F4Pt+2. The molecule has 0 spiro atoms. The van der Waals surface area contributed by atoms with E-state index in [1.54, 1.807) is 0 Å². The van der Waals surface area contributed by atoms with Crippen LogP contribution in [0.4, 0.5) is 17.6 Å². The van der Waals surface area contributed by atoms with Crippen LogP contribution in [-0.4, -0.2) is 0 Å². The van der Waals surface area contributed by atoms with Gasteiger partial charge >= 0.3 is 33.2 Å². The van der Waals surface area contributed by atoms with E-state index in [0.29, 0.717) is 0 Å². The molecule has 68 valence electrons. The zero-order valence-corrected chi connectivity index (χ0v) is 7.93. The van der Waals surface area contributed by atoms with Gasteiger partial charge in [-0.15, -0.1) is 26.3 Å². The molecule has 0 aromatic carbocycles. The Labute approximate surface area is 77.6 Å². The molecule has 0 bridgehead atoms. The summed E-state index contributed by atoms with van der Waals surface area (Å²) in [6, 6.07) is 0. The second-order valence-electron chi connectivity index (χ2n) is 0.521. The van der Waals surface area contributed by atoms with Crippen LogP contribution in [-0.2, 0) is 21.1 Å². The largest absolute Gasteiger partial charge is 2.00 e. The van der Waals surface area contributed by atoms with Crippen molar-refractivity contribution in [2.24, 2.45) is 0 Å². The number of rotatable bonds is 0. The van der Waals surface area contributed by atoms with Gasteiger partial charge < -0.3 is 0 Å². The van der Waals surface area contributed by atoms with Gasteiger partial charge in [-0.3, -0.25) is 0 Å². The van der Waals surface area contributed by atoms with Gasteiger partial charge in [0.2, 0.25) is 0 Å². The van der Waals surface area contributed by atoms with Gasteiger partial charge in [0.15, 0.2) is 0 Å².